The lowest BCUT2D eigenvalue weighted by atomic mass is 10.1. The lowest BCUT2D eigenvalue weighted by Gasteiger charge is -2.02. The van der Waals surface area contributed by atoms with Gasteiger partial charge in [0.05, 0.1) is 0 Å². The van der Waals surface area contributed by atoms with Gasteiger partial charge in [0, 0.05) is 11.6 Å². The monoisotopic (exact) mass is 167 g/mol. The molecule has 68 valence electrons. The highest BCUT2D eigenvalue weighted by molar-refractivity contribution is 5.09. The van der Waals surface area contributed by atoms with E-state index in [4.69, 9.17) is 0 Å². The van der Waals surface area contributed by atoms with Crippen molar-refractivity contribution in [1.82, 2.24) is 0 Å². The third-order valence-corrected chi connectivity index (χ3v) is 1.46. The van der Waals surface area contributed by atoms with Crippen molar-refractivity contribution < 1.29 is 4.73 Å². The summed E-state index contributed by atoms with van der Waals surface area (Å²) in [4.78, 5) is 0. The van der Waals surface area contributed by atoms with Crippen LogP contribution in [0, 0.1) is 5.21 Å². The quantitative estimate of drug-likeness (QED) is 0.466. The van der Waals surface area contributed by atoms with Gasteiger partial charge in [-0.25, -0.2) is 0 Å². The van der Waals surface area contributed by atoms with Crippen LogP contribution in [0.1, 0.15) is 39.2 Å². The third-order valence-electron chi connectivity index (χ3n) is 1.46. The molecule has 0 spiro atoms. The number of rotatable bonds is 1. The number of aromatic nitrogens is 1. The number of hydrogen-bond acceptors (Lipinski definition) is 1. The van der Waals surface area contributed by atoms with Gasteiger partial charge in [-0.15, -0.1) is 0 Å². The van der Waals surface area contributed by atoms with E-state index in [2.05, 4.69) is 13.8 Å². The maximum atomic E-state index is 10.7. The Labute approximate surface area is 74.4 Å². The zero-order valence-corrected chi connectivity index (χ0v) is 8.24. The Bertz CT molecular complexity index is 221. The van der Waals surface area contributed by atoms with Gasteiger partial charge in [-0.1, -0.05) is 27.7 Å². The third kappa shape index (κ3) is 3.37. The fourth-order valence-corrected chi connectivity index (χ4v) is 0.813. The second-order valence-electron chi connectivity index (χ2n) is 2.65. The average molecular weight is 167 g/mol. The van der Waals surface area contributed by atoms with E-state index in [1.165, 1.54) is 6.20 Å². The molecular formula is C10H17NO. The Morgan fingerprint density at radius 3 is 2.25 bits per heavy atom. The fourth-order valence-electron chi connectivity index (χ4n) is 0.813. The summed E-state index contributed by atoms with van der Waals surface area (Å²) in [6.07, 6.45) is 3.09. The molecule has 12 heavy (non-hydrogen) atoms. The smallest absolute Gasteiger partial charge is 0.183 e. The van der Waals surface area contributed by atoms with Gasteiger partial charge >= 0.3 is 0 Å². The summed E-state index contributed by atoms with van der Waals surface area (Å²) in [5.41, 5.74) is 1.08. The first-order chi connectivity index (χ1) is 5.70. The van der Waals surface area contributed by atoms with Crippen molar-refractivity contribution in [3.8, 4) is 0 Å². The van der Waals surface area contributed by atoms with Crippen molar-refractivity contribution in [2.24, 2.45) is 0 Å². The van der Waals surface area contributed by atoms with Gasteiger partial charge in [0.15, 0.2) is 12.4 Å². The summed E-state index contributed by atoms with van der Waals surface area (Å²) in [7, 11) is 0. The molecule has 0 amide bonds. The highest BCUT2D eigenvalue weighted by Crippen LogP contribution is 2.09. The first kappa shape index (κ1) is 11.0. The molecule has 0 atom stereocenters. The van der Waals surface area contributed by atoms with E-state index >= 15 is 0 Å². The summed E-state index contributed by atoms with van der Waals surface area (Å²) in [5.74, 6) is 0.432. The van der Waals surface area contributed by atoms with Crippen LogP contribution in [-0.4, -0.2) is 0 Å². The molecule has 0 bridgehead atoms. The maximum Gasteiger partial charge on any atom is 0.183 e. The minimum atomic E-state index is 0.432. The van der Waals surface area contributed by atoms with E-state index < -0.39 is 0 Å². The molecule has 0 unspecified atom stereocenters. The zero-order valence-electron chi connectivity index (χ0n) is 8.24. The van der Waals surface area contributed by atoms with E-state index in [-0.39, 0.29) is 0 Å². The van der Waals surface area contributed by atoms with Crippen molar-refractivity contribution in [2.75, 3.05) is 0 Å². The van der Waals surface area contributed by atoms with Crippen LogP contribution in [0.25, 0.3) is 0 Å². The molecule has 0 aliphatic carbocycles. The minimum Gasteiger partial charge on any atom is -0.619 e. The van der Waals surface area contributed by atoms with Crippen molar-refractivity contribution in [3.63, 3.8) is 0 Å². The fraction of sp³-hybridized carbons (Fsp3) is 0.500. The second-order valence-corrected chi connectivity index (χ2v) is 2.65. The number of nitrogens with zero attached hydrogens (tertiary/aromatic N) is 1. The van der Waals surface area contributed by atoms with E-state index in [1.807, 2.05) is 19.9 Å². The molecule has 1 heterocycles. The van der Waals surface area contributed by atoms with Gasteiger partial charge in [0.1, 0.15) is 0 Å². The Morgan fingerprint density at radius 1 is 1.33 bits per heavy atom. The normalized spacial score (nSPS) is 9.08. The molecule has 0 saturated heterocycles. The van der Waals surface area contributed by atoms with Crippen LogP contribution in [0.2, 0.25) is 0 Å². The van der Waals surface area contributed by atoms with Crippen LogP contribution in [0.5, 0.6) is 0 Å². The van der Waals surface area contributed by atoms with Gasteiger partial charge in [-0.3, -0.25) is 0 Å². The van der Waals surface area contributed by atoms with Gasteiger partial charge in [-0.05, 0) is 12.0 Å². The van der Waals surface area contributed by atoms with E-state index in [0.717, 1.165) is 10.3 Å². The minimum absolute atomic E-state index is 0.432. The molecule has 1 aromatic heterocycles. The topological polar surface area (TPSA) is 26.9 Å². The van der Waals surface area contributed by atoms with Crippen LogP contribution in [0.15, 0.2) is 24.5 Å². The summed E-state index contributed by atoms with van der Waals surface area (Å²) >= 11 is 0. The molecule has 0 radical (unpaired) electrons. The maximum absolute atomic E-state index is 10.7. The lowest BCUT2D eigenvalue weighted by Crippen LogP contribution is -2.24. The van der Waals surface area contributed by atoms with Crippen molar-refractivity contribution in [3.05, 3.63) is 35.3 Å². The molecule has 0 aliphatic heterocycles. The molecule has 1 aromatic rings. The second kappa shape index (κ2) is 5.58. The molecule has 2 nitrogen and oxygen atoms in total. The van der Waals surface area contributed by atoms with Gasteiger partial charge < -0.3 is 5.21 Å². The molecule has 1 rings (SSSR count). The first-order valence-corrected chi connectivity index (χ1v) is 4.39. The zero-order chi connectivity index (χ0) is 9.56. The van der Waals surface area contributed by atoms with Crippen molar-refractivity contribution in [2.45, 2.75) is 33.6 Å². The van der Waals surface area contributed by atoms with Crippen molar-refractivity contribution >= 4 is 0 Å². The molecule has 0 fully saturated rings. The highest BCUT2D eigenvalue weighted by atomic mass is 16.5. The molecular weight excluding hydrogens is 150 g/mol. The standard InChI is InChI=1S/C8H11NO.C2H6/c1-7(2)8-4-3-5-9(10)6-8;1-2/h3-7H,1-2H3;1-2H3. The Kier molecular flexibility index (Phi) is 5.09. The first-order valence-electron chi connectivity index (χ1n) is 4.39. The summed E-state index contributed by atoms with van der Waals surface area (Å²) in [6.45, 7) is 8.13. The Balaban J connectivity index is 0.000000561. The van der Waals surface area contributed by atoms with Crippen LogP contribution >= 0.6 is 0 Å². The summed E-state index contributed by atoms with van der Waals surface area (Å²) in [6, 6.07) is 3.72. The Hall–Kier alpha value is -1.05. The molecule has 0 aliphatic rings. The summed E-state index contributed by atoms with van der Waals surface area (Å²) in [5, 5.41) is 10.7. The predicted molar refractivity (Wildman–Crippen MR) is 50.8 cm³/mol. The van der Waals surface area contributed by atoms with E-state index in [9.17, 15) is 5.21 Å². The predicted octanol–water partition coefficient (Wildman–Crippen LogP) is 2.47. The SMILES string of the molecule is CC.CC(C)c1ccc[n+]([O-])c1. The largest absolute Gasteiger partial charge is 0.619 e. The molecule has 0 saturated carbocycles. The van der Waals surface area contributed by atoms with Gasteiger partial charge in [0.25, 0.3) is 0 Å². The molecule has 0 aromatic carbocycles. The lowest BCUT2D eigenvalue weighted by molar-refractivity contribution is -0.605. The Morgan fingerprint density at radius 2 is 1.92 bits per heavy atom. The number of hydrogen-bond donors (Lipinski definition) is 0. The molecule has 2 heteroatoms. The van der Waals surface area contributed by atoms with Crippen LogP contribution in [-0.2, 0) is 0 Å². The highest BCUT2D eigenvalue weighted by Gasteiger charge is 2.00. The molecule has 0 N–H and O–H groups in total. The average Bonchev–Trinajstić information content (AvgIpc) is 2.08. The van der Waals surface area contributed by atoms with Crippen molar-refractivity contribution in [1.29, 1.82) is 0 Å². The summed E-state index contributed by atoms with van der Waals surface area (Å²) < 4.78 is 0.829. The van der Waals surface area contributed by atoms with Gasteiger partial charge in [0.2, 0.25) is 0 Å². The van der Waals surface area contributed by atoms with E-state index in [0.29, 0.717) is 5.92 Å². The van der Waals surface area contributed by atoms with E-state index in [1.54, 1.807) is 12.3 Å². The van der Waals surface area contributed by atoms with Gasteiger partial charge in [-0.2, -0.15) is 4.73 Å². The van der Waals surface area contributed by atoms with Crippen LogP contribution in [0.3, 0.4) is 0 Å². The van der Waals surface area contributed by atoms with Crippen LogP contribution < -0.4 is 4.73 Å². The van der Waals surface area contributed by atoms with Crippen LogP contribution in [0.4, 0.5) is 0 Å². The number of pyridine rings is 1.